The number of nitrogens with zero attached hydrogens (tertiary/aromatic N) is 1. The molecule has 0 aromatic rings. The molecule has 0 bridgehead atoms. The number of hydrogen-bond donors (Lipinski definition) is 1. The van der Waals surface area contributed by atoms with Crippen molar-refractivity contribution >= 4 is 12.1 Å². The van der Waals surface area contributed by atoms with Gasteiger partial charge in [0.25, 0.3) is 0 Å². The molecule has 1 unspecified atom stereocenters. The van der Waals surface area contributed by atoms with Crippen molar-refractivity contribution in [3.63, 3.8) is 0 Å². The minimum atomic E-state index is -0.614. The molecule has 1 heterocycles. The predicted octanol–water partition coefficient (Wildman–Crippen LogP) is 2.34. The van der Waals surface area contributed by atoms with Crippen LogP contribution in [0, 0.1) is 11.8 Å². The van der Waals surface area contributed by atoms with Crippen LogP contribution in [0.2, 0.25) is 0 Å². The fraction of sp³-hybridized carbons (Fsp3) is 0.882. The lowest BCUT2D eigenvalue weighted by atomic mass is 9.72. The van der Waals surface area contributed by atoms with Gasteiger partial charge in [-0.3, -0.25) is 4.90 Å². The average Bonchev–Trinajstić information content (AvgIpc) is 2.44. The lowest BCUT2D eigenvalue weighted by Crippen LogP contribution is -2.56. The van der Waals surface area contributed by atoms with Crippen LogP contribution in [0.15, 0.2) is 0 Å². The summed E-state index contributed by atoms with van der Waals surface area (Å²) in [6, 6.07) is -0.614. The van der Waals surface area contributed by atoms with E-state index in [4.69, 9.17) is 9.47 Å². The zero-order valence-electron chi connectivity index (χ0n) is 14.6. The normalized spacial score (nSPS) is 31.3. The number of carbonyl (C=O) groups excluding carboxylic acids is 2. The van der Waals surface area contributed by atoms with Crippen molar-refractivity contribution < 1.29 is 24.2 Å². The molecule has 0 aromatic heterocycles. The molecule has 23 heavy (non-hydrogen) atoms. The third-order valence-electron chi connectivity index (χ3n) is 4.63. The number of amides is 1. The van der Waals surface area contributed by atoms with Crippen molar-refractivity contribution in [2.45, 2.75) is 71.1 Å². The SMILES string of the molecule is CCOC(=O)[C@@H]1C[C@H]2CC(O)CC[C@H]2CN1C(=O)OC(C)(C)C. The molecule has 0 radical (unpaired) electrons. The Bertz CT molecular complexity index is 445. The highest BCUT2D eigenvalue weighted by atomic mass is 16.6. The van der Waals surface area contributed by atoms with Gasteiger partial charge < -0.3 is 14.6 Å². The Hall–Kier alpha value is -1.30. The van der Waals surface area contributed by atoms with Crippen molar-refractivity contribution in [3.8, 4) is 0 Å². The van der Waals surface area contributed by atoms with Crippen molar-refractivity contribution in [2.24, 2.45) is 11.8 Å². The van der Waals surface area contributed by atoms with Crippen LogP contribution in [-0.2, 0) is 14.3 Å². The summed E-state index contributed by atoms with van der Waals surface area (Å²) < 4.78 is 10.6. The highest BCUT2D eigenvalue weighted by molar-refractivity contribution is 5.82. The van der Waals surface area contributed by atoms with Crippen molar-refractivity contribution in [3.05, 3.63) is 0 Å². The van der Waals surface area contributed by atoms with E-state index < -0.39 is 17.7 Å². The second-order valence-electron chi connectivity index (χ2n) is 7.62. The standard InChI is InChI=1S/C17H29NO5/c1-5-22-15(20)14-9-12-8-13(19)7-6-11(12)10-18(14)16(21)23-17(2,3)4/h11-14,19H,5-10H2,1-4H3/t11-,12+,13?,14-/m0/s1. The van der Waals surface area contributed by atoms with Crippen LogP contribution in [-0.4, -0.2) is 53.0 Å². The molecule has 1 amide bonds. The van der Waals surface area contributed by atoms with E-state index in [0.29, 0.717) is 25.3 Å². The molecule has 2 rings (SSSR count). The van der Waals surface area contributed by atoms with Crippen LogP contribution in [0.1, 0.15) is 53.4 Å². The van der Waals surface area contributed by atoms with E-state index in [0.717, 1.165) is 12.8 Å². The number of likely N-dealkylation sites (tertiary alicyclic amines) is 1. The zero-order valence-corrected chi connectivity index (χ0v) is 14.6. The van der Waals surface area contributed by atoms with Gasteiger partial charge in [0.2, 0.25) is 0 Å². The summed E-state index contributed by atoms with van der Waals surface area (Å²) in [4.78, 5) is 26.3. The number of carbonyl (C=O) groups is 2. The molecule has 6 nitrogen and oxygen atoms in total. The Morgan fingerprint density at radius 2 is 1.87 bits per heavy atom. The first kappa shape index (κ1) is 18.0. The van der Waals surface area contributed by atoms with Crippen LogP contribution in [0.3, 0.4) is 0 Å². The predicted molar refractivity (Wildman–Crippen MR) is 84.8 cm³/mol. The third kappa shape index (κ3) is 4.59. The maximum atomic E-state index is 12.5. The van der Waals surface area contributed by atoms with Gasteiger partial charge in [0.05, 0.1) is 12.7 Å². The molecule has 2 fully saturated rings. The minimum absolute atomic E-state index is 0.256. The molecule has 6 heteroatoms. The fourth-order valence-electron chi connectivity index (χ4n) is 3.61. The summed E-state index contributed by atoms with van der Waals surface area (Å²) in [6.07, 6.45) is 2.11. The molecule has 0 aromatic carbocycles. The van der Waals surface area contributed by atoms with Crippen molar-refractivity contribution in [1.29, 1.82) is 0 Å². The van der Waals surface area contributed by atoms with E-state index in [1.54, 1.807) is 6.92 Å². The molecule has 2 aliphatic rings. The van der Waals surface area contributed by atoms with Crippen molar-refractivity contribution in [2.75, 3.05) is 13.2 Å². The highest BCUT2D eigenvalue weighted by Crippen LogP contribution is 2.39. The van der Waals surface area contributed by atoms with Gasteiger partial charge >= 0.3 is 12.1 Å². The Labute approximate surface area is 138 Å². The topological polar surface area (TPSA) is 76.1 Å². The molecule has 1 N–H and O–H groups in total. The fourth-order valence-corrected chi connectivity index (χ4v) is 3.61. The van der Waals surface area contributed by atoms with E-state index in [9.17, 15) is 14.7 Å². The lowest BCUT2D eigenvalue weighted by molar-refractivity contribution is -0.153. The second kappa shape index (κ2) is 7.07. The lowest BCUT2D eigenvalue weighted by Gasteiger charge is -2.45. The summed E-state index contributed by atoms with van der Waals surface area (Å²) in [5.41, 5.74) is -0.601. The van der Waals surface area contributed by atoms with E-state index in [-0.39, 0.29) is 24.6 Å². The van der Waals surface area contributed by atoms with Gasteiger partial charge in [0.15, 0.2) is 0 Å². The monoisotopic (exact) mass is 327 g/mol. The van der Waals surface area contributed by atoms with Crippen LogP contribution in [0.4, 0.5) is 4.79 Å². The molecule has 1 aliphatic carbocycles. The Morgan fingerprint density at radius 3 is 2.48 bits per heavy atom. The van der Waals surface area contributed by atoms with Crippen molar-refractivity contribution in [1.82, 2.24) is 4.90 Å². The smallest absolute Gasteiger partial charge is 0.411 e. The molecule has 1 saturated heterocycles. The highest BCUT2D eigenvalue weighted by Gasteiger charge is 2.45. The van der Waals surface area contributed by atoms with Crippen LogP contribution in [0.25, 0.3) is 0 Å². The summed E-state index contributed by atoms with van der Waals surface area (Å²) >= 11 is 0. The molecule has 4 atom stereocenters. The summed E-state index contributed by atoms with van der Waals surface area (Å²) in [6.45, 7) is 7.98. The number of piperidine rings is 1. The van der Waals surface area contributed by atoms with Gasteiger partial charge in [-0.1, -0.05) is 0 Å². The molecular weight excluding hydrogens is 298 g/mol. The van der Waals surface area contributed by atoms with E-state index in [1.807, 2.05) is 20.8 Å². The van der Waals surface area contributed by atoms with Crippen LogP contribution >= 0.6 is 0 Å². The molecule has 0 spiro atoms. The number of esters is 1. The van der Waals surface area contributed by atoms with Crippen LogP contribution in [0.5, 0.6) is 0 Å². The number of ether oxygens (including phenoxy) is 2. The van der Waals surface area contributed by atoms with E-state index >= 15 is 0 Å². The van der Waals surface area contributed by atoms with Gasteiger partial charge in [-0.15, -0.1) is 0 Å². The summed E-state index contributed by atoms with van der Waals surface area (Å²) in [5, 5.41) is 9.88. The maximum absolute atomic E-state index is 12.5. The minimum Gasteiger partial charge on any atom is -0.464 e. The second-order valence-corrected chi connectivity index (χ2v) is 7.62. The first-order valence-electron chi connectivity index (χ1n) is 8.55. The third-order valence-corrected chi connectivity index (χ3v) is 4.63. The van der Waals surface area contributed by atoms with E-state index in [2.05, 4.69) is 0 Å². The molecule has 1 saturated carbocycles. The van der Waals surface area contributed by atoms with Crippen LogP contribution < -0.4 is 0 Å². The van der Waals surface area contributed by atoms with Gasteiger partial charge in [-0.25, -0.2) is 9.59 Å². The number of aliphatic hydroxyl groups is 1. The first-order chi connectivity index (χ1) is 10.7. The zero-order chi connectivity index (χ0) is 17.2. The Kier molecular flexibility index (Phi) is 5.55. The molecule has 132 valence electrons. The van der Waals surface area contributed by atoms with Gasteiger partial charge in [0, 0.05) is 6.54 Å². The van der Waals surface area contributed by atoms with E-state index in [1.165, 1.54) is 4.90 Å². The number of fused-ring (bicyclic) bond motifs is 1. The Balaban J connectivity index is 2.15. The first-order valence-corrected chi connectivity index (χ1v) is 8.55. The van der Waals surface area contributed by atoms with Gasteiger partial charge in [0.1, 0.15) is 11.6 Å². The molecular formula is C17H29NO5. The number of aliphatic hydroxyl groups excluding tert-OH is 1. The largest absolute Gasteiger partial charge is 0.464 e. The average molecular weight is 327 g/mol. The van der Waals surface area contributed by atoms with Gasteiger partial charge in [-0.2, -0.15) is 0 Å². The quantitative estimate of drug-likeness (QED) is 0.788. The molecule has 1 aliphatic heterocycles. The Morgan fingerprint density at radius 1 is 1.17 bits per heavy atom. The summed E-state index contributed by atoms with van der Waals surface area (Å²) in [5.74, 6) is 0.195. The number of hydrogen-bond acceptors (Lipinski definition) is 5. The van der Waals surface area contributed by atoms with Gasteiger partial charge in [-0.05, 0) is 65.2 Å². The maximum Gasteiger partial charge on any atom is 0.411 e. The number of rotatable bonds is 2. The summed E-state index contributed by atoms with van der Waals surface area (Å²) in [7, 11) is 0.